The molecule has 0 spiro atoms. The summed E-state index contributed by atoms with van der Waals surface area (Å²) in [5.41, 5.74) is 9.38. The van der Waals surface area contributed by atoms with Crippen molar-refractivity contribution in [1.29, 1.82) is 0 Å². The Kier molecular flexibility index (Phi) is 42.3. The maximum atomic E-state index is 14.1. The van der Waals surface area contributed by atoms with Gasteiger partial charge in [-0.3, -0.25) is 19.2 Å². The maximum absolute atomic E-state index is 14.1. The van der Waals surface area contributed by atoms with Crippen LogP contribution >= 0.6 is 23.5 Å². The Morgan fingerprint density at radius 3 is 1.22 bits per heavy atom. The first kappa shape index (κ1) is 116. The number of benzene rings is 3. The molecule has 6 aliphatic rings. The predicted molar refractivity (Wildman–Crippen MR) is 489 cm³/mol. The average Bonchev–Trinajstić information content (AvgIpc) is 1.47. The molecule has 0 bridgehead atoms. The molecule has 14 heterocycles. The van der Waals surface area contributed by atoms with Crippen LogP contribution in [0.3, 0.4) is 0 Å². The summed E-state index contributed by atoms with van der Waals surface area (Å²) < 4.78 is 201. The fourth-order valence-electron chi connectivity index (χ4n) is 16.4. The van der Waals surface area contributed by atoms with Crippen LogP contribution in [-0.2, 0) is 80.8 Å². The molecular weight excluding hydrogens is 2060 g/mol. The normalized spacial score (nSPS) is 26.4. The van der Waals surface area contributed by atoms with Gasteiger partial charge in [0.05, 0.1) is 142 Å². The van der Waals surface area contributed by atoms with Gasteiger partial charge in [0.2, 0.25) is 0 Å². The number of hydrogen-bond acceptors (Lipinski definition) is 42. The van der Waals surface area contributed by atoms with Gasteiger partial charge in [0.1, 0.15) is 146 Å². The van der Waals surface area contributed by atoms with Gasteiger partial charge in [-0.15, -0.1) is 55.4 Å². The Hall–Kier alpha value is -12.4. The van der Waals surface area contributed by atoms with Crippen LogP contribution < -0.4 is 34.7 Å². The van der Waals surface area contributed by atoms with E-state index in [1.165, 1.54) is 95.8 Å². The summed E-state index contributed by atoms with van der Waals surface area (Å²) in [5.74, 6) is -15.1. The number of ketones is 2. The van der Waals surface area contributed by atoms with Crippen molar-refractivity contribution in [1.82, 2.24) is 105 Å². The van der Waals surface area contributed by atoms with Crippen molar-refractivity contribution in [3.8, 4) is 68.6 Å². The first-order valence-electron chi connectivity index (χ1n) is 45.1. The number of carboxylic acids is 1. The quantitative estimate of drug-likeness (QED) is 0.00524. The minimum atomic E-state index is -1.67. The molecule has 150 heavy (non-hydrogen) atoms. The number of carbonyl (C=O) groups is 5. The van der Waals surface area contributed by atoms with Gasteiger partial charge in [0.15, 0.2) is 70.2 Å². The predicted octanol–water partition coefficient (Wildman–Crippen LogP) is 1.51. The van der Waals surface area contributed by atoms with Crippen LogP contribution in [0, 0.1) is 76.5 Å². The number of thioether (sulfide) groups is 2. The zero-order valence-electron chi connectivity index (χ0n) is 80.4. The zero-order valence-corrected chi connectivity index (χ0v) is 84.1. The van der Waals surface area contributed by atoms with E-state index >= 15 is 0 Å². The van der Waals surface area contributed by atoms with E-state index in [2.05, 4.69) is 97.4 Å². The standard InChI is InChI=1S/C31H33F3N8O7S.C27H27F3N8O8S.C25H29F3N6O8.C6H4N2.CH3O.Na/c1-15(43)10-48-30-28(42-9-22(37-40-42)18-4-20(32)27(34)21(33)5-18)16(2)25(12-47-17(3)44)49-31(30)50-26-13-46-11-24(29(26)45)41-8-23(38-39-41)19-6-35-14-36-7-19;28-14-1-12(2-15(29)22(14)30)16-6-38(36-33-16)23-25(43)19(7-39)46-27(26(23)45-10-21(40)41)47-20-9-44-8-18(24(20)42)37-5-17(34-35-37)13-3-31-11-32-4-13;1-11(35)7-40-24-22(34-6-17(31-33-34)14-4-15(26)21(28)16(27)5-14)12(2)19(10-39-13(3)36)41-25(24)42-20-9-38-8-18(23(20)37)30-32-29;1-2-6-3-7-5-8-4-6;1-2;/h4-9,14,16,24-26,28-31,45H,10-13H2,1-3H3;1-6,11,18-20,23-27,39,42-43H,7-10H2,(H,40,41);4-6,12,18-20,22-25,37H,7-10H2,1-3H3;1,3-5H;1H3;/q;;;;-1;+1/t;;12?,18-,19?,20+,22?,23+,24?,25?;;;/m..0.../s1. The van der Waals surface area contributed by atoms with Crippen LogP contribution in [0.5, 0.6) is 0 Å². The van der Waals surface area contributed by atoms with Crippen molar-refractivity contribution in [2.75, 3.05) is 86.4 Å². The summed E-state index contributed by atoms with van der Waals surface area (Å²) in [5, 5.41) is 116. The number of nitrogens with zero attached hydrogens (tertiary/aromatic N) is 24. The van der Waals surface area contributed by atoms with Crippen molar-refractivity contribution < 1.29 is 186 Å². The van der Waals surface area contributed by atoms with Crippen LogP contribution in [0.2, 0.25) is 0 Å². The Labute approximate surface area is 875 Å². The van der Waals surface area contributed by atoms with Crippen molar-refractivity contribution in [3.05, 3.63) is 192 Å². The number of hydrogen-bond donors (Lipinski definition) is 6. The molecule has 8 aromatic heterocycles. The topological polar surface area (TPSA) is 620 Å². The van der Waals surface area contributed by atoms with Gasteiger partial charge < -0.3 is 92.6 Å². The second-order valence-corrected chi connectivity index (χ2v) is 36.6. The molecule has 3 aromatic carbocycles. The number of aromatic nitrogens is 21. The number of ether oxygens (including phenoxy) is 12. The third-order valence-corrected chi connectivity index (χ3v) is 26.6. The summed E-state index contributed by atoms with van der Waals surface area (Å²) in [7, 11) is 0.750. The fourth-order valence-corrected chi connectivity index (χ4v) is 19.3. The Balaban J connectivity index is 0.000000190. The molecule has 0 saturated carbocycles. The summed E-state index contributed by atoms with van der Waals surface area (Å²) in [6.07, 6.45) is 12.6. The molecule has 6 aliphatic heterocycles. The number of esters is 2. The fraction of sp³-hybridized carbons (Fsp3) is 0.478. The van der Waals surface area contributed by atoms with Crippen LogP contribution in [0.4, 0.5) is 39.5 Å². The largest absolute Gasteiger partial charge is 1.00 e. The van der Waals surface area contributed by atoms with Crippen molar-refractivity contribution >= 4 is 53.0 Å². The molecule has 0 aliphatic carbocycles. The number of Topliss-reactive ketones (excluding diaryl/α,β-unsaturated/α-hetero) is 2. The molecule has 48 nitrogen and oxygen atoms in total. The molecule has 0 amide bonds. The molecule has 24 atom stereocenters. The Morgan fingerprint density at radius 1 is 0.480 bits per heavy atom. The number of terminal acetylenes is 1. The van der Waals surface area contributed by atoms with Gasteiger partial charge in [-0.25, -0.2) is 97.6 Å². The van der Waals surface area contributed by atoms with Gasteiger partial charge >= 0.3 is 47.5 Å². The third-order valence-electron chi connectivity index (χ3n) is 23.8. The number of aliphatic hydroxyl groups excluding tert-OH is 5. The van der Waals surface area contributed by atoms with E-state index in [9.17, 15) is 94.1 Å². The number of carbonyl (C=O) groups excluding carboxylic acids is 4. The van der Waals surface area contributed by atoms with Gasteiger partial charge in [-0.1, -0.05) is 50.9 Å². The zero-order chi connectivity index (χ0) is 107. The SMILES string of the molecule is C#Cc1cncnc1.CC(=O)COC1C(O[C@@H]2COC[C@H](N=[N+]=[N-])[C@H]2O)OC(COC(C)=O)C(C)C1n1cc(-c2cc(F)c(F)c(F)c2)nn1.CC(=O)COC1C(SC2COCC(n3cc(-c4cncnc4)nn3)C2O)OC(COC(C)=O)C(C)C1n1cc(-c2cc(F)c(F)c(F)c2)nn1.C[O-].O=C(O)COC1C(SC2COCC(n3cc(-c4cncnc4)nn3)C2O)OC(CO)C(O)C1n1cc(-c2cc(F)c(F)c(F)c2)nn1.[Na+]. The van der Waals surface area contributed by atoms with Crippen molar-refractivity contribution in [3.63, 3.8) is 0 Å². The monoisotopic (exact) mass is 2150 g/mol. The molecule has 21 unspecified atom stereocenters. The molecule has 17 rings (SSSR count). The number of aliphatic hydroxyl groups is 5. The molecule has 796 valence electrons. The van der Waals surface area contributed by atoms with E-state index in [0.29, 0.717) is 40.2 Å². The third kappa shape index (κ3) is 29.1. The number of carboxylic acid groups (broad SMARTS) is 1. The summed E-state index contributed by atoms with van der Waals surface area (Å²) in [6, 6.07) is -0.527. The van der Waals surface area contributed by atoms with E-state index in [1.807, 2.05) is 0 Å². The minimum absolute atomic E-state index is 0. The molecule has 0 radical (unpaired) electrons. The smallest absolute Gasteiger partial charge is 0.857 e. The van der Waals surface area contributed by atoms with E-state index in [4.69, 9.17) is 73.9 Å². The van der Waals surface area contributed by atoms with Crippen molar-refractivity contribution in [2.45, 2.75) is 173 Å². The number of azide groups is 1. The van der Waals surface area contributed by atoms with E-state index in [0.717, 1.165) is 47.8 Å². The van der Waals surface area contributed by atoms with E-state index in [-0.39, 0.29) is 141 Å². The van der Waals surface area contributed by atoms with Gasteiger partial charge in [-0.2, -0.15) is 7.11 Å². The van der Waals surface area contributed by atoms with Gasteiger partial charge in [0.25, 0.3) is 0 Å². The molecule has 6 N–H and O–H groups in total. The molecular formula is C90H96F9N24NaO24S2. The van der Waals surface area contributed by atoms with Gasteiger partial charge in [0, 0.05) is 95.6 Å². The van der Waals surface area contributed by atoms with E-state index in [1.54, 1.807) is 63.4 Å². The van der Waals surface area contributed by atoms with Crippen LogP contribution in [0.15, 0.2) is 129 Å². The first-order valence-corrected chi connectivity index (χ1v) is 47.0. The Bertz CT molecular complexity index is 6380. The number of rotatable bonds is 31. The molecule has 6 fully saturated rings. The second-order valence-electron chi connectivity index (χ2n) is 33.9. The average molecular weight is 2160 g/mol. The first-order chi connectivity index (χ1) is 71.6. The number of halogens is 9. The van der Waals surface area contributed by atoms with Gasteiger partial charge in [-0.05, 0) is 55.8 Å². The maximum Gasteiger partial charge on any atom is 1.00 e. The summed E-state index contributed by atoms with van der Waals surface area (Å²) >= 11 is 2.22. The second kappa shape index (κ2) is 54.6. The Morgan fingerprint density at radius 2 is 0.833 bits per heavy atom. The summed E-state index contributed by atoms with van der Waals surface area (Å²) in [4.78, 5) is 85.0. The molecule has 6 saturated heterocycles. The van der Waals surface area contributed by atoms with Crippen LogP contribution in [-0.4, -0.2) is 352 Å². The number of aliphatic carboxylic acids is 1. The van der Waals surface area contributed by atoms with Crippen LogP contribution in [0.1, 0.15) is 77.3 Å². The van der Waals surface area contributed by atoms with E-state index < -0.39 is 226 Å². The summed E-state index contributed by atoms with van der Waals surface area (Å²) in [6.45, 7) is 6.40. The molecule has 11 aromatic rings. The molecule has 60 heteroatoms. The van der Waals surface area contributed by atoms with Crippen molar-refractivity contribution in [2.24, 2.45) is 17.0 Å². The van der Waals surface area contributed by atoms with Crippen LogP contribution in [0.25, 0.3) is 66.7 Å². The minimum Gasteiger partial charge on any atom is -0.857 e.